The van der Waals surface area contributed by atoms with Gasteiger partial charge in [-0.15, -0.1) is 0 Å². The number of alkyl halides is 1. The first-order valence-corrected chi connectivity index (χ1v) is 6.34. The highest BCUT2D eigenvalue weighted by Crippen LogP contribution is 2.30. The first-order chi connectivity index (χ1) is 6.88. The molecule has 0 aliphatic rings. The molecule has 0 saturated carbocycles. The molecular formula is C13H18BrF. The highest BCUT2D eigenvalue weighted by Gasteiger charge is 2.21. The maximum absolute atomic E-state index is 13.5. The first kappa shape index (κ1) is 12.7. The quantitative estimate of drug-likeness (QED) is 0.711. The maximum atomic E-state index is 13.5. The van der Waals surface area contributed by atoms with Gasteiger partial charge in [-0.2, -0.15) is 0 Å². The average Bonchev–Trinajstić information content (AvgIpc) is 2.13. The molecule has 0 unspecified atom stereocenters. The van der Waals surface area contributed by atoms with Crippen LogP contribution in [-0.4, -0.2) is 5.33 Å². The molecule has 0 fully saturated rings. The zero-order valence-electron chi connectivity index (χ0n) is 9.82. The summed E-state index contributed by atoms with van der Waals surface area (Å²) in [6, 6.07) is 3.93. The normalized spacial score (nSPS) is 11.9. The van der Waals surface area contributed by atoms with Crippen molar-refractivity contribution in [2.24, 2.45) is 0 Å². The van der Waals surface area contributed by atoms with Crippen molar-refractivity contribution in [2.45, 2.75) is 39.5 Å². The number of aryl methyl sites for hydroxylation is 2. The van der Waals surface area contributed by atoms with E-state index in [2.05, 4.69) is 29.8 Å². The van der Waals surface area contributed by atoms with Gasteiger partial charge in [0.1, 0.15) is 5.82 Å². The Hall–Kier alpha value is -0.370. The van der Waals surface area contributed by atoms with E-state index in [4.69, 9.17) is 0 Å². The van der Waals surface area contributed by atoms with Gasteiger partial charge >= 0.3 is 0 Å². The van der Waals surface area contributed by atoms with Crippen molar-refractivity contribution >= 4 is 15.9 Å². The molecule has 0 nitrogen and oxygen atoms in total. The number of hydrogen-bond donors (Lipinski definition) is 0. The molecule has 1 rings (SSSR count). The number of benzene rings is 1. The van der Waals surface area contributed by atoms with Gasteiger partial charge in [-0.05, 0) is 42.4 Å². The van der Waals surface area contributed by atoms with Crippen LogP contribution in [0.2, 0.25) is 0 Å². The lowest BCUT2D eigenvalue weighted by molar-refractivity contribution is 0.508. The summed E-state index contributed by atoms with van der Waals surface area (Å²) in [7, 11) is 0. The van der Waals surface area contributed by atoms with Crippen molar-refractivity contribution in [1.29, 1.82) is 0 Å². The third-order valence-corrected chi connectivity index (χ3v) is 3.33. The highest BCUT2D eigenvalue weighted by molar-refractivity contribution is 9.09. The first-order valence-electron chi connectivity index (χ1n) is 5.21. The van der Waals surface area contributed by atoms with Crippen LogP contribution in [0.25, 0.3) is 0 Å². The van der Waals surface area contributed by atoms with Crippen LogP contribution >= 0.6 is 15.9 Å². The van der Waals surface area contributed by atoms with E-state index in [9.17, 15) is 4.39 Å². The second kappa shape index (κ2) is 4.65. The minimum Gasteiger partial charge on any atom is -0.206 e. The predicted octanol–water partition coefficient (Wildman–Crippen LogP) is 4.51. The molecule has 84 valence electrons. The fourth-order valence-electron chi connectivity index (χ4n) is 1.72. The Balaban J connectivity index is 3.16. The number of halogens is 2. The fourth-order valence-corrected chi connectivity index (χ4v) is 2.71. The molecule has 0 saturated heterocycles. The van der Waals surface area contributed by atoms with Gasteiger partial charge in [0.25, 0.3) is 0 Å². The zero-order chi connectivity index (χ0) is 11.6. The molecule has 2 heteroatoms. The second-order valence-corrected chi connectivity index (χ2v) is 5.54. The van der Waals surface area contributed by atoms with E-state index in [1.54, 1.807) is 0 Å². The minimum atomic E-state index is -0.0756. The van der Waals surface area contributed by atoms with E-state index in [0.29, 0.717) is 0 Å². The molecule has 0 aliphatic heterocycles. The molecule has 15 heavy (non-hydrogen) atoms. The third kappa shape index (κ3) is 2.81. The van der Waals surface area contributed by atoms with Crippen LogP contribution in [0.15, 0.2) is 12.1 Å². The molecule has 0 N–H and O–H groups in total. The van der Waals surface area contributed by atoms with Gasteiger partial charge in [0.05, 0.1) is 0 Å². The van der Waals surface area contributed by atoms with Gasteiger partial charge in [0.15, 0.2) is 0 Å². The van der Waals surface area contributed by atoms with Crippen LogP contribution in [0.4, 0.5) is 4.39 Å². The second-order valence-electron chi connectivity index (χ2n) is 4.75. The van der Waals surface area contributed by atoms with Crippen molar-refractivity contribution in [3.63, 3.8) is 0 Å². The van der Waals surface area contributed by atoms with E-state index in [1.165, 1.54) is 5.56 Å². The molecule has 0 heterocycles. The summed E-state index contributed by atoms with van der Waals surface area (Å²) in [5.74, 6) is -0.0756. The molecule has 0 atom stereocenters. The van der Waals surface area contributed by atoms with Crippen LogP contribution in [0.3, 0.4) is 0 Å². The third-order valence-electron chi connectivity index (χ3n) is 2.94. The lowest BCUT2D eigenvalue weighted by atomic mass is 9.81. The largest absolute Gasteiger partial charge is 0.206 e. The molecular weight excluding hydrogens is 255 g/mol. The van der Waals surface area contributed by atoms with E-state index >= 15 is 0 Å². The smallest absolute Gasteiger partial charge is 0.129 e. The Labute approximate surface area is 100 Å². The van der Waals surface area contributed by atoms with Crippen molar-refractivity contribution in [1.82, 2.24) is 0 Å². The van der Waals surface area contributed by atoms with Crippen molar-refractivity contribution < 1.29 is 4.39 Å². The zero-order valence-corrected chi connectivity index (χ0v) is 11.4. The molecule has 0 aromatic heterocycles. The van der Waals surface area contributed by atoms with E-state index in [-0.39, 0.29) is 11.2 Å². The molecule has 0 amide bonds. The van der Waals surface area contributed by atoms with Gasteiger partial charge in [-0.1, -0.05) is 41.9 Å². The Morgan fingerprint density at radius 1 is 1.20 bits per heavy atom. The summed E-state index contributed by atoms with van der Waals surface area (Å²) < 4.78 is 13.5. The fraction of sp³-hybridized carbons (Fsp3) is 0.538. The van der Waals surface area contributed by atoms with Crippen LogP contribution in [0, 0.1) is 19.7 Å². The predicted molar refractivity (Wildman–Crippen MR) is 67.3 cm³/mol. The average molecular weight is 273 g/mol. The van der Waals surface area contributed by atoms with Crippen molar-refractivity contribution in [3.05, 3.63) is 34.6 Å². The van der Waals surface area contributed by atoms with Crippen molar-refractivity contribution in [3.8, 4) is 0 Å². The molecule has 0 bridgehead atoms. The molecule has 0 radical (unpaired) electrons. The highest BCUT2D eigenvalue weighted by atomic mass is 79.9. The summed E-state index contributed by atoms with van der Waals surface area (Å²) >= 11 is 3.46. The Bertz CT molecular complexity index is 333. The Morgan fingerprint density at radius 2 is 1.67 bits per heavy atom. The summed E-state index contributed by atoms with van der Waals surface area (Å²) in [4.78, 5) is 0. The molecule has 1 aromatic rings. The van der Waals surface area contributed by atoms with E-state index in [1.807, 2.05) is 26.0 Å². The van der Waals surface area contributed by atoms with Crippen LogP contribution in [-0.2, 0) is 5.41 Å². The Kier molecular flexibility index (Phi) is 3.93. The van der Waals surface area contributed by atoms with Gasteiger partial charge in [-0.25, -0.2) is 4.39 Å². The number of hydrogen-bond acceptors (Lipinski definition) is 0. The summed E-state index contributed by atoms with van der Waals surface area (Å²) in [6.45, 7) is 8.05. The number of rotatable bonds is 3. The van der Waals surface area contributed by atoms with Crippen LogP contribution in [0.1, 0.15) is 37.0 Å². The monoisotopic (exact) mass is 272 g/mol. The van der Waals surface area contributed by atoms with Gasteiger partial charge in [0.2, 0.25) is 0 Å². The summed E-state index contributed by atoms with van der Waals surface area (Å²) in [6.07, 6.45) is 1.05. The van der Waals surface area contributed by atoms with Gasteiger partial charge in [-0.3, -0.25) is 0 Å². The molecule has 0 spiro atoms. The SMILES string of the molecule is Cc1cc(C(C)(C)CCBr)cc(C)c1F. The summed E-state index contributed by atoms with van der Waals surface area (Å²) in [5.41, 5.74) is 2.81. The standard InChI is InChI=1S/C13H18BrF/c1-9-7-11(8-10(2)12(9)15)13(3,4)5-6-14/h7-8H,5-6H2,1-4H3. The minimum absolute atomic E-state index is 0.0756. The summed E-state index contributed by atoms with van der Waals surface area (Å²) in [5, 5.41) is 0.968. The van der Waals surface area contributed by atoms with E-state index in [0.717, 1.165) is 22.9 Å². The molecule has 1 aromatic carbocycles. The van der Waals surface area contributed by atoms with E-state index < -0.39 is 0 Å². The van der Waals surface area contributed by atoms with Crippen molar-refractivity contribution in [2.75, 3.05) is 5.33 Å². The Morgan fingerprint density at radius 3 is 2.07 bits per heavy atom. The van der Waals surface area contributed by atoms with Gasteiger partial charge < -0.3 is 0 Å². The van der Waals surface area contributed by atoms with Crippen LogP contribution in [0.5, 0.6) is 0 Å². The topological polar surface area (TPSA) is 0 Å². The lowest BCUT2D eigenvalue weighted by Gasteiger charge is -2.25. The van der Waals surface area contributed by atoms with Gasteiger partial charge in [0, 0.05) is 5.33 Å². The molecule has 0 aliphatic carbocycles. The van der Waals surface area contributed by atoms with Crippen LogP contribution < -0.4 is 0 Å². The lowest BCUT2D eigenvalue weighted by Crippen LogP contribution is -2.18. The maximum Gasteiger partial charge on any atom is 0.129 e.